The maximum absolute atomic E-state index is 13.1. The predicted molar refractivity (Wildman–Crippen MR) is 122 cm³/mol. The minimum atomic E-state index is -0.357. The maximum atomic E-state index is 13.1. The molecule has 0 unspecified atom stereocenters. The number of hydrogen-bond donors (Lipinski definition) is 1. The predicted octanol–water partition coefficient (Wildman–Crippen LogP) is 4.60. The summed E-state index contributed by atoms with van der Waals surface area (Å²) in [5.74, 6) is 0.932. The van der Waals surface area contributed by atoms with Gasteiger partial charge >= 0.3 is 0 Å². The van der Waals surface area contributed by atoms with Gasteiger partial charge in [-0.3, -0.25) is 14.3 Å². The van der Waals surface area contributed by atoms with E-state index < -0.39 is 0 Å². The topological polar surface area (TPSA) is 81.9 Å². The second-order valence-electron chi connectivity index (χ2n) is 6.65. The molecule has 0 radical (unpaired) electrons. The molecule has 32 heavy (non-hydrogen) atoms. The van der Waals surface area contributed by atoms with Crippen molar-refractivity contribution in [3.8, 4) is 22.8 Å². The van der Waals surface area contributed by atoms with Gasteiger partial charge in [-0.15, -0.1) is 10.2 Å². The average Bonchev–Trinajstić information content (AvgIpc) is 3.24. The molecule has 2 aromatic carbocycles. The van der Waals surface area contributed by atoms with Gasteiger partial charge in [0.2, 0.25) is 5.91 Å². The second-order valence-corrected chi connectivity index (χ2v) is 7.59. The summed E-state index contributed by atoms with van der Waals surface area (Å²) < 4.78 is 20.5. The van der Waals surface area contributed by atoms with E-state index in [1.54, 1.807) is 12.4 Å². The molecule has 0 atom stereocenters. The van der Waals surface area contributed by atoms with Gasteiger partial charge in [0.1, 0.15) is 11.6 Å². The van der Waals surface area contributed by atoms with E-state index in [1.165, 1.54) is 36.0 Å². The summed E-state index contributed by atoms with van der Waals surface area (Å²) in [5, 5.41) is 12.0. The first kappa shape index (κ1) is 21.5. The van der Waals surface area contributed by atoms with Crippen LogP contribution in [0.15, 0.2) is 78.2 Å². The van der Waals surface area contributed by atoms with Crippen LogP contribution in [-0.4, -0.2) is 38.0 Å². The van der Waals surface area contributed by atoms with E-state index in [2.05, 4.69) is 20.5 Å². The molecular weight excluding hydrogens is 429 g/mol. The average molecular weight is 450 g/mol. The standard InChI is InChI=1S/C23H20FN5O2S/c1-2-31-20-9-7-19(8-10-20)29-22(16-11-13-25-14-12-16)27-28-23(29)32-15-21(30)26-18-5-3-17(24)4-6-18/h3-14H,2,15H2,1H3,(H,26,30). The fourth-order valence-corrected chi connectivity index (χ4v) is 3.75. The normalized spacial score (nSPS) is 10.7. The number of pyridine rings is 1. The van der Waals surface area contributed by atoms with E-state index in [9.17, 15) is 9.18 Å². The first-order valence-electron chi connectivity index (χ1n) is 9.91. The van der Waals surface area contributed by atoms with E-state index in [0.717, 1.165) is 17.0 Å². The zero-order valence-corrected chi connectivity index (χ0v) is 18.1. The lowest BCUT2D eigenvalue weighted by Crippen LogP contribution is -2.14. The van der Waals surface area contributed by atoms with E-state index in [1.807, 2.05) is 47.9 Å². The highest BCUT2D eigenvalue weighted by molar-refractivity contribution is 7.99. The SMILES string of the molecule is CCOc1ccc(-n2c(SCC(=O)Nc3ccc(F)cc3)nnc2-c2ccncc2)cc1. The molecule has 0 aliphatic heterocycles. The molecule has 2 aromatic heterocycles. The minimum Gasteiger partial charge on any atom is -0.494 e. The van der Waals surface area contributed by atoms with Crippen LogP contribution in [0, 0.1) is 5.82 Å². The van der Waals surface area contributed by atoms with Crippen molar-refractivity contribution >= 4 is 23.4 Å². The zero-order chi connectivity index (χ0) is 22.3. The molecule has 0 spiro atoms. The molecule has 0 fully saturated rings. The molecule has 0 aliphatic rings. The molecule has 2 heterocycles. The van der Waals surface area contributed by atoms with Crippen molar-refractivity contribution in [2.75, 3.05) is 17.7 Å². The van der Waals surface area contributed by atoms with Gasteiger partial charge in [0.25, 0.3) is 0 Å². The lowest BCUT2D eigenvalue weighted by atomic mass is 10.2. The lowest BCUT2D eigenvalue weighted by molar-refractivity contribution is -0.113. The Labute approximate surface area is 188 Å². The van der Waals surface area contributed by atoms with Gasteiger partial charge in [-0.05, 0) is 67.6 Å². The number of aromatic nitrogens is 4. The number of rotatable bonds is 8. The number of nitrogens with zero attached hydrogens (tertiary/aromatic N) is 4. The number of thioether (sulfide) groups is 1. The monoisotopic (exact) mass is 449 g/mol. The third-order valence-corrected chi connectivity index (χ3v) is 5.37. The Kier molecular flexibility index (Phi) is 6.76. The third-order valence-electron chi connectivity index (χ3n) is 4.44. The molecule has 162 valence electrons. The number of hydrogen-bond acceptors (Lipinski definition) is 6. The van der Waals surface area contributed by atoms with Crippen LogP contribution in [0.3, 0.4) is 0 Å². The van der Waals surface area contributed by atoms with Gasteiger partial charge in [0, 0.05) is 29.3 Å². The van der Waals surface area contributed by atoms with Crippen LogP contribution in [0.25, 0.3) is 17.1 Å². The highest BCUT2D eigenvalue weighted by atomic mass is 32.2. The van der Waals surface area contributed by atoms with Crippen molar-refractivity contribution in [3.63, 3.8) is 0 Å². The molecule has 1 amide bonds. The molecule has 9 heteroatoms. The molecule has 0 saturated carbocycles. The fraction of sp³-hybridized carbons (Fsp3) is 0.130. The van der Waals surface area contributed by atoms with Gasteiger partial charge in [-0.1, -0.05) is 11.8 Å². The van der Waals surface area contributed by atoms with Gasteiger partial charge in [-0.25, -0.2) is 4.39 Å². The molecule has 0 bridgehead atoms. The Hall–Kier alpha value is -3.72. The largest absolute Gasteiger partial charge is 0.494 e. The Morgan fingerprint density at radius 2 is 1.75 bits per heavy atom. The van der Waals surface area contributed by atoms with Crippen LogP contribution < -0.4 is 10.1 Å². The van der Waals surface area contributed by atoms with Crippen LogP contribution in [0.4, 0.5) is 10.1 Å². The van der Waals surface area contributed by atoms with E-state index in [-0.39, 0.29) is 17.5 Å². The molecule has 1 N–H and O–H groups in total. The second kappa shape index (κ2) is 10.1. The Balaban J connectivity index is 1.58. The van der Waals surface area contributed by atoms with Gasteiger partial charge < -0.3 is 10.1 Å². The van der Waals surface area contributed by atoms with Crippen molar-refractivity contribution in [3.05, 3.63) is 78.9 Å². The fourth-order valence-electron chi connectivity index (χ4n) is 3.00. The number of benzene rings is 2. The van der Waals surface area contributed by atoms with Crippen LogP contribution in [0.1, 0.15) is 6.92 Å². The lowest BCUT2D eigenvalue weighted by Gasteiger charge is -2.11. The van der Waals surface area contributed by atoms with Crippen molar-refractivity contribution in [2.24, 2.45) is 0 Å². The molecule has 4 rings (SSSR count). The third kappa shape index (κ3) is 5.12. The molecule has 0 aliphatic carbocycles. The quantitative estimate of drug-likeness (QED) is 0.396. The number of ether oxygens (including phenoxy) is 1. The number of anilines is 1. The summed E-state index contributed by atoms with van der Waals surface area (Å²) in [6.07, 6.45) is 3.38. The van der Waals surface area contributed by atoms with Crippen LogP contribution in [0.2, 0.25) is 0 Å². The van der Waals surface area contributed by atoms with Crippen molar-refractivity contribution in [1.29, 1.82) is 0 Å². The highest BCUT2D eigenvalue weighted by Crippen LogP contribution is 2.28. The zero-order valence-electron chi connectivity index (χ0n) is 17.2. The first-order chi connectivity index (χ1) is 15.6. The highest BCUT2D eigenvalue weighted by Gasteiger charge is 2.17. The van der Waals surface area contributed by atoms with Crippen LogP contribution in [-0.2, 0) is 4.79 Å². The Morgan fingerprint density at radius 3 is 2.44 bits per heavy atom. The van der Waals surface area contributed by atoms with Gasteiger partial charge in [-0.2, -0.15) is 0 Å². The number of carbonyl (C=O) groups is 1. The van der Waals surface area contributed by atoms with Gasteiger partial charge in [0.15, 0.2) is 11.0 Å². The summed E-state index contributed by atoms with van der Waals surface area (Å²) in [6.45, 7) is 2.51. The molecule has 0 saturated heterocycles. The van der Waals surface area contributed by atoms with Crippen LogP contribution in [0.5, 0.6) is 5.75 Å². The summed E-state index contributed by atoms with van der Waals surface area (Å²) >= 11 is 1.26. The number of nitrogens with one attached hydrogen (secondary N) is 1. The number of halogens is 1. The first-order valence-corrected chi connectivity index (χ1v) is 10.9. The molecule has 7 nitrogen and oxygen atoms in total. The van der Waals surface area contributed by atoms with Crippen molar-refractivity contribution in [1.82, 2.24) is 19.7 Å². The number of carbonyl (C=O) groups excluding carboxylic acids is 1. The van der Waals surface area contributed by atoms with Crippen molar-refractivity contribution in [2.45, 2.75) is 12.1 Å². The maximum Gasteiger partial charge on any atom is 0.234 e. The van der Waals surface area contributed by atoms with Crippen molar-refractivity contribution < 1.29 is 13.9 Å². The van der Waals surface area contributed by atoms with E-state index in [4.69, 9.17) is 4.74 Å². The Morgan fingerprint density at radius 1 is 1.03 bits per heavy atom. The van der Waals surface area contributed by atoms with Crippen LogP contribution >= 0.6 is 11.8 Å². The minimum absolute atomic E-state index is 0.114. The van der Waals surface area contributed by atoms with Gasteiger partial charge in [0.05, 0.1) is 12.4 Å². The summed E-state index contributed by atoms with van der Waals surface area (Å²) in [4.78, 5) is 16.5. The summed E-state index contributed by atoms with van der Waals surface area (Å²) in [6, 6.07) is 16.9. The Bertz CT molecular complexity index is 1180. The molecule has 4 aromatic rings. The number of amides is 1. The van der Waals surface area contributed by atoms with E-state index >= 15 is 0 Å². The smallest absolute Gasteiger partial charge is 0.234 e. The van der Waals surface area contributed by atoms with E-state index in [0.29, 0.717) is 23.3 Å². The molecular formula is C23H20FN5O2S. The summed E-state index contributed by atoms with van der Waals surface area (Å²) in [5.41, 5.74) is 2.22. The summed E-state index contributed by atoms with van der Waals surface area (Å²) in [7, 11) is 0.